The molecule has 3 aliphatic heterocycles. The highest BCUT2D eigenvalue weighted by atomic mass is 32.3. The standard InChI is InChI=1S/C13H24N6O7S2/c14-12(16-27(21,22)8-7-17-5-3-15-4-6-17)11-2-1-10-9-18(11)13(20)19(10)26-28(23,24)25/h10-11,15H,1-9H2,(H2,14,16)(H,23,24,25)/t10-,11+/m1/s1. The van der Waals surface area contributed by atoms with E-state index in [-0.39, 0.29) is 24.6 Å². The average molecular weight is 441 g/mol. The number of sulfonamides is 1. The molecule has 0 radical (unpaired) electrons. The summed E-state index contributed by atoms with van der Waals surface area (Å²) in [6.45, 7) is 3.52. The van der Waals surface area contributed by atoms with Gasteiger partial charge in [0, 0.05) is 39.3 Å². The summed E-state index contributed by atoms with van der Waals surface area (Å²) in [6, 6.07) is -2.27. The van der Waals surface area contributed by atoms with Gasteiger partial charge < -0.3 is 10.2 Å². The van der Waals surface area contributed by atoms with E-state index in [1.807, 2.05) is 4.90 Å². The van der Waals surface area contributed by atoms with Crippen LogP contribution in [0, 0.1) is 5.41 Å². The second-order valence-corrected chi connectivity index (χ2v) is 9.78. The largest absolute Gasteiger partial charge is 0.418 e. The van der Waals surface area contributed by atoms with Gasteiger partial charge in [-0.15, -0.1) is 4.28 Å². The van der Waals surface area contributed by atoms with Crippen molar-refractivity contribution in [2.24, 2.45) is 0 Å². The Labute approximate surface area is 163 Å². The number of nitrogens with zero attached hydrogens (tertiary/aromatic N) is 3. The van der Waals surface area contributed by atoms with Crippen LogP contribution in [0.4, 0.5) is 4.79 Å². The van der Waals surface area contributed by atoms with Crippen LogP contribution in [0.15, 0.2) is 0 Å². The van der Waals surface area contributed by atoms with Crippen LogP contribution in [0.3, 0.4) is 0 Å². The van der Waals surface area contributed by atoms with Crippen molar-refractivity contribution in [3.63, 3.8) is 0 Å². The summed E-state index contributed by atoms with van der Waals surface area (Å²) >= 11 is 0. The van der Waals surface area contributed by atoms with Gasteiger partial charge >= 0.3 is 16.4 Å². The first-order valence-corrected chi connectivity index (χ1v) is 11.9. The zero-order chi connectivity index (χ0) is 20.5. The maximum absolute atomic E-state index is 12.3. The molecule has 3 heterocycles. The van der Waals surface area contributed by atoms with Gasteiger partial charge in [-0.1, -0.05) is 0 Å². The van der Waals surface area contributed by atoms with Gasteiger partial charge in [0.05, 0.1) is 17.8 Å². The first-order valence-electron chi connectivity index (χ1n) is 8.84. The molecule has 0 aromatic rings. The summed E-state index contributed by atoms with van der Waals surface area (Å²) < 4.78 is 61.8. The molecule has 3 rings (SSSR count). The third kappa shape index (κ3) is 5.09. The Hall–Kier alpha value is -1.52. The van der Waals surface area contributed by atoms with Gasteiger partial charge in [0.1, 0.15) is 5.84 Å². The Morgan fingerprint density at radius 2 is 1.93 bits per heavy atom. The van der Waals surface area contributed by atoms with Crippen molar-refractivity contribution in [1.82, 2.24) is 24.9 Å². The van der Waals surface area contributed by atoms with E-state index in [4.69, 9.17) is 9.96 Å². The van der Waals surface area contributed by atoms with Crippen molar-refractivity contribution >= 4 is 32.3 Å². The summed E-state index contributed by atoms with van der Waals surface area (Å²) in [5.41, 5.74) is 0. The lowest BCUT2D eigenvalue weighted by atomic mass is 10.0. The summed E-state index contributed by atoms with van der Waals surface area (Å²) in [5.74, 6) is -0.516. The van der Waals surface area contributed by atoms with Crippen LogP contribution in [0.25, 0.3) is 0 Å². The van der Waals surface area contributed by atoms with E-state index in [1.165, 1.54) is 4.90 Å². The van der Waals surface area contributed by atoms with Crippen molar-refractivity contribution in [3.8, 4) is 0 Å². The van der Waals surface area contributed by atoms with Crippen molar-refractivity contribution in [3.05, 3.63) is 0 Å². The monoisotopic (exact) mass is 440 g/mol. The second kappa shape index (κ2) is 8.08. The lowest BCUT2D eigenvalue weighted by Crippen LogP contribution is -2.52. The van der Waals surface area contributed by atoms with E-state index >= 15 is 0 Å². The fraction of sp³-hybridized carbons (Fsp3) is 0.846. The molecular formula is C13H24N6O7S2. The van der Waals surface area contributed by atoms with E-state index in [0.29, 0.717) is 18.0 Å². The third-order valence-electron chi connectivity index (χ3n) is 4.98. The van der Waals surface area contributed by atoms with Gasteiger partial charge in [-0.2, -0.15) is 13.5 Å². The zero-order valence-corrected chi connectivity index (χ0v) is 16.7. The van der Waals surface area contributed by atoms with E-state index in [1.54, 1.807) is 0 Å². The summed E-state index contributed by atoms with van der Waals surface area (Å²) in [6.07, 6.45) is 0.564. The zero-order valence-electron chi connectivity index (χ0n) is 15.1. The molecule has 3 saturated heterocycles. The fourth-order valence-electron chi connectivity index (χ4n) is 3.60. The number of fused-ring (bicyclic) bond motifs is 2. The number of urea groups is 1. The van der Waals surface area contributed by atoms with Crippen molar-refractivity contribution in [1.29, 1.82) is 5.41 Å². The van der Waals surface area contributed by atoms with Crippen molar-refractivity contribution < 1.29 is 30.5 Å². The van der Waals surface area contributed by atoms with Crippen LogP contribution >= 0.6 is 0 Å². The number of hydrogen-bond acceptors (Lipinski definition) is 9. The lowest BCUT2D eigenvalue weighted by molar-refractivity contribution is -0.0316. The van der Waals surface area contributed by atoms with Gasteiger partial charge in [-0.25, -0.2) is 13.2 Å². The molecule has 3 fully saturated rings. The van der Waals surface area contributed by atoms with Crippen LogP contribution < -0.4 is 10.0 Å². The van der Waals surface area contributed by atoms with Gasteiger partial charge in [0.25, 0.3) is 0 Å². The first-order chi connectivity index (χ1) is 13.1. The van der Waals surface area contributed by atoms with Gasteiger partial charge in [0.2, 0.25) is 10.0 Å². The molecule has 2 bridgehead atoms. The number of nitrogens with one attached hydrogen (secondary N) is 3. The molecule has 0 aromatic heterocycles. The molecule has 0 saturated carbocycles. The smallest absolute Gasteiger partial charge is 0.314 e. The Kier molecular flexibility index (Phi) is 6.11. The van der Waals surface area contributed by atoms with E-state index in [0.717, 1.165) is 26.2 Å². The Bertz CT molecular complexity index is 826. The first kappa shape index (κ1) is 21.2. The van der Waals surface area contributed by atoms with Crippen LogP contribution in [0.2, 0.25) is 0 Å². The summed E-state index contributed by atoms with van der Waals surface area (Å²) in [7, 11) is -8.62. The number of hydroxylamine groups is 2. The highest BCUT2D eigenvalue weighted by Crippen LogP contribution is 2.30. The molecule has 13 nitrogen and oxygen atoms in total. The van der Waals surface area contributed by atoms with Gasteiger partial charge in [-0.3, -0.25) is 19.6 Å². The number of amidine groups is 1. The molecular weight excluding hydrogens is 416 g/mol. The molecule has 0 aliphatic carbocycles. The maximum Gasteiger partial charge on any atom is 0.418 e. The fourth-order valence-corrected chi connectivity index (χ4v) is 5.06. The molecule has 0 spiro atoms. The minimum absolute atomic E-state index is 0.0733. The van der Waals surface area contributed by atoms with Crippen LogP contribution in [-0.4, -0.2) is 105 Å². The van der Waals surface area contributed by atoms with Crippen LogP contribution in [0.5, 0.6) is 0 Å². The van der Waals surface area contributed by atoms with Gasteiger partial charge in [-0.05, 0) is 12.8 Å². The Morgan fingerprint density at radius 1 is 1.25 bits per heavy atom. The Balaban J connectivity index is 1.58. The number of piperidine rings is 1. The van der Waals surface area contributed by atoms with E-state index in [2.05, 4.69) is 14.3 Å². The number of piperazine rings is 1. The van der Waals surface area contributed by atoms with Crippen molar-refractivity contribution in [2.75, 3.05) is 45.0 Å². The normalized spacial score (nSPS) is 26.5. The summed E-state index contributed by atoms with van der Waals surface area (Å²) in [4.78, 5) is 15.5. The molecule has 0 aromatic carbocycles. The highest BCUT2D eigenvalue weighted by Gasteiger charge is 2.48. The predicted molar refractivity (Wildman–Crippen MR) is 97.3 cm³/mol. The molecule has 28 heavy (non-hydrogen) atoms. The van der Waals surface area contributed by atoms with Crippen molar-refractivity contribution in [2.45, 2.75) is 24.9 Å². The highest BCUT2D eigenvalue weighted by molar-refractivity contribution is 7.90. The van der Waals surface area contributed by atoms with E-state index in [9.17, 15) is 21.6 Å². The molecule has 2 atom stereocenters. The molecule has 15 heteroatoms. The SMILES string of the molecule is N=C(NS(=O)(=O)CCN1CCNCC1)[C@@H]1CC[C@@H]2CN1C(=O)N2OS(=O)(=O)O. The molecule has 0 unspecified atom stereocenters. The molecule has 4 N–H and O–H groups in total. The second-order valence-electron chi connectivity index (χ2n) is 6.94. The minimum atomic E-state index is -4.86. The number of amides is 2. The quantitative estimate of drug-likeness (QED) is 0.194. The topological polar surface area (TPSA) is 172 Å². The molecule has 3 aliphatic rings. The van der Waals surface area contributed by atoms with Crippen LogP contribution in [-0.2, 0) is 24.7 Å². The maximum atomic E-state index is 12.3. The molecule has 2 amide bonds. The lowest BCUT2D eigenvalue weighted by Gasteiger charge is -2.31. The number of carbonyl (C=O) groups is 1. The predicted octanol–water partition coefficient (Wildman–Crippen LogP) is -2.21. The number of carbonyl (C=O) groups excluding carboxylic acids is 1. The minimum Gasteiger partial charge on any atom is -0.314 e. The third-order valence-corrected chi connectivity index (χ3v) is 6.58. The number of hydrogen-bond donors (Lipinski definition) is 4. The van der Waals surface area contributed by atoms with Gasteiger partial charge in [0.15, 0.2) is 0 Å². The Morgan fingerprint density at radius 3 is 2.57 bits per heavy atom. The van der Waals surface area contributed by atoms with Crippen LogP contribution in [0.1, 0.15) is 12.8 Å². The number of rotatable bonds is 7. The average Bonchev–Trinajstić information content (AvgIpc) is 2.84. The molecule has 160 valence electrons. The summed E-state index contributed by atoms with van der Waals surface area (Å²) in [5, 5.41) is 11.9. The van der Waals surface area contributed by atoms with E-state index < -0.39 is 38.5 Å².